The van der Waals surface area contributed by atoms with Crippen LogP contribution in [0.25, 0.3) is 0 Å². The minimum Gasteiger partial charge on any atom is -0.361 e. The highest BCUT2D eigenvalue weighted by Gasteiger charge is 2.51. The number of nitrogens with zero attached hydrogens (tertiary/aromatic N) is 4. The van der Waals surface area contributed by atoms with Crippen molar-refractivity contribution in [1.82, 2.24) is 18.7 Å². The van der Waals surface area contributed by atoms with Crippen molar-refractivity contribution in [2.75, 3.05) is 33.7 Å². The molecule has 4 rings (SSSR count). The Morgan fingerprint density at radius 3 is 2.46 bits per heavy atom. The van der Waals surface area contributed by atoms with Gasteiger partial charge < -0.3 is 4.52 Å². The molecule has 2 aliphatic rings. The molecule has 28 heavy (non-hydrogen) atoms. The van der Waals surface area contributed by atoms with Crippen molar-refractivity contribution in [3.05, 3.63) is 52.9 Å². The summed E-state index contributed by atoms with van der Waals surface area (Å²) >= 11 is 0. The average molecular weight is 405 g/mol. The molecule has 0 N–H and O–H groups in total. The maximum absolute atomic E-state index is 13.0. The lowest BCUT2D eigenvalue weighted by atomic mass is 9.90. The molecular formula is C20H28N4O3S. The summed E-state index contributed by atoms with van der Waals surface area (Å²) in [5.74, 6) is 1.46. The van der Waals surface area contributed by atoms with Crippen LogP contribution in [0.1, 0.15) is 28.6 Å². The first-order valence-electron chi connectivity index (χ1n) is 9.67. The molecule has 3 atom stereocenters. The van der Waals surface area contributed by atoms with Crippen LogP contribution in [0.4, 0.5) is 0 Å². The molecule has 2 aromatic rings. The monoisotopic (exact) mass is 404 g/mol. The molecular weight excluding hydrogens is 376 g/mol. The van der Waals surface area contributed by atoms with E-state index in [0.29, 0.717) is 12.5 Å². The summed E-state index contributed by atoms with van der Waals surface area (Å²) in [4.78, 5) is 2.41. The van der Waals surface area contributed by atoms with Gasteiger partial charge >= 0.3 is 0 Å². The Balaban J connectivity index is 1.61. The Morgan fingerprint density at radius 2 is 1.86 bits per heavy atom. The van der Waals surface area contributed by atoms with Gasteiger partial charge in [-0.05, 0) is 31.2 Å². The third kappa shape index (κ3) is 3.28. The fourth-order valence-corrected chi connectivity index (χ4v) is 6.05. The van der Waals surface area contributed by atoms with Gasteiger partial charge in [0.05, 0.1) is 11.7 Å². The van der Waals surface area contributed by atoms with E-state index in [0.717, 1.165) is 42.2 Å². The van der Waals surface area contributed by atoms with Crippen LogP contribution in [-0.4, -0.2) is 60.8 Å². The predicted molar refractivity (Wildman–Crippen MR) is 107 cm³/mol. The van der Waals surface area contributed by atoms with E-state index in [4.69, 9.17) is 4.52 Å². The van der Waals surface area contributed by atoms with Crippen LogP contribution in [0.5, 0.6) is 0 Å². The number of hydrogen-bond donors (Lipinski definition) is 0. The Kier molecular flexibility index (Phi) is 5.07. The Morgan fingerprint density at radius 1 is 1.14 bits per heavy atom. The standard InChI is InChI=1S/C20H28N4O3S/c1-14-18(15(2)27-21-14)12-23-10-17-11-24(28(25,26)22(3)4)20(19(17)13-23)16-8-6-5-7-9-16/h5-9,17,19-20H,10-13H2,1-4H3/t17-,19-,20+/m0/s1. The molecule has 8 heteroatoms. The van der Waals surface area contributed by atoms with Gasteiger partial charge in [0.2, 0.25) is 0 Å². The summed E-state index contributed by atoms with van der Waals surface area (Å²) in [5, 5.41) is 4.06. The quantitative estimate of drug-likeness (QED) is 0.764. The highest BCUT2D eigenvalue weighted by molar-refractivity contribution is 7.86. The van der Waals surface area contributed by atoms with E-state index < -0.39 is 10.2 Å². The van der Waals surface area contributed by atoms with E-state index >= 15 is 0 Å². The van der Waals surface area contributed by atoms with Gasteiger partial charge in [0, 0.05) is 45.8 Å². The molecule has 0 bridgehead atoms. The fraction of sp³-hybridized carbons (Fsp3) is 0.550. The van der Waals surface area contributed by atoms with Crippen LogP contribution in [0, 0.1) is 25.7 Å². The van der Waals surface area contributed by atoms with Crippen molar-refractivity contribution in [2.24, 2.45) is 11.8 Å². The normalized spacial score (nSPS) is 26.2. The molecule has 2 aliphatic heterocycles. The molecule has 0 spiro atoms. The second-order valence-electron chi connectivity index (χ2n) is 8.14. The third-order valence-electron chi connectivity index (χ3n) is 6.16. The molecule has 7 nitrogen and oxygen atoms in total. The van der Waals surface area contributed by atoms with Gasteiger partial charge in [-0.2, -0.15) is 17.0 Å². The molecule has 0 radical (unpaired) electrons. The maximum atomic E-state index is 13.0. The van der Waals surface area contributed by atoms with Crippen molar-refractivity contribution in [3.8, 4) is 0 Å². The van der Waals surface area contributed by atoms with Crippen molar-refractivity contribution in [3.63, 3.8) is 0 Å². The lowest BCUT2D eigenvalue weighted by Gasteiger charge is -2.31. The molecule has 2 fully saturated rings. The molecule has 152 valence electrons. The van der Waals surface area contributed by atoms with Gasteiger partial charge in [-0.1, -0.05) is 35.5 Å². The van der Waals surface area contributed by atoms with E-state index in [9.17, 15) is 8.42 Å². The van der Waals surface area contributed by atoms with Gasteiger partial charge in [0.1, 0.15) is 5.76 Å². The predicted octanol–water partition coefficient (Wildman–Crippen LogP) is 2.20. The van der Waals surface area contributed by atoms with Crippen LogP contribution < -0.4 is 0 Å². The maximum Gasteiger partial charge on any atom is 0.282 e. The molecule has 1 aromatic heterocycles. The summed E-state index contributed by atoms with van der Waals surface area (Å²) in [6.45, 7) is 7.04. The average Bonchev–Trinajstić information content (AvgIpc) is 3.30. The smallest absolute Gasteiger partial charge is 0.282 e. The molecule has 1 aromatic carbocycles. The molecule has 3 heterocycles. The lowest BCUT2D eigenvalue weighted by molar-refractivity contribution is 0.253. The number of rotatable bonds is 5. The van der Waals surface area contributed by atoms with Crippen LogP contribution in [-0.2, 0) is 16.8 Å². The fourth-order valence-electron chi connectivity index (χ4n) is 4.69. The topological polar surface area (TPSA) is 69.9 Å². The summed E-state index contributed by atoms with van der Waals surface area (Å²) < 4.78 is 34.3. The molecule has 2 saturated heterocycles. The van der Waals surface area contributed by atoms with Gasteiger partial charge in [-0.25, -0.2) is 0 Å². The van der Waals surface area contributed by atoms with Gasteiger partial charge in [0.25, 0.3) is 10.2 Å². The highest BCUT2D eigenvalue weighted by Crippen LogP contribution is 2.46. The first-order valence-corrected chi connectivity index (χ1v) is 11.1. The van der Waals surface area contributed by atoms with E-state index in [-0.39, 0.29) is 12.0 Å². The van der Waals surface area contributed by atoms with E-state index in [1.165, 1.54) is 4.31 Å². The molecule has 0 aliphatic carbocycles. The van der Waals surface area contributed by atoms with E-state index in [1.54, 1.807) is 18.4 Å². The van der Waals surface area contributed by atoms with E-state index in [2.05, 4.69) is 10.1 Å². The van der Waals surface area contributed by atoms with Crippen LogP contribution >= 0.6 is 0 Å². The lowest BCUT2D eigenvalue weighted by Crippen LogP contribution is -2.42. The second-order valence-corrected chi connectivity index (χ2v) is 10.2. The zero-order valence-electron chi connectivity index (χ0n) is 16.9. The van der Waals surface area contributed by atoms with Gasteiger partial charge in [-0.3, -0.25) is 4.90 Å². The largest absolute Gasteiger partial charge is 0.361 e. The second kappa shape index (κ2) is 7.26. The van der Waals surface area contributed by atoms with E-state index in [1.807, 2.05) is 44.2 Å². The minimum absolute atomic E-state index is 0.131. The first-order chi connectivity index (χ1) is 13.3. The Hall–Kier alpha value is -1.74. The molecule has 0 saturated carbocycles. The number of likely N-dealkylation sites (tertiary alicyclic amines) is 1. The molecule has 0 amide bonds. The van der Waals surface area contributed by atoms with Crippen LogP contribution in [0.15, 0.2) is 34.9 Å². The zero-order valence-corrected chi connectivity index (χ0v) is 17.7. The van der Waals surface area contributed by atoms with Crippen molar-refractivity contribution < 1.29 is 12.9 Å². The van der Waals surface area contributed by atoms with Crippen molar-refractivity contribution in [1.29, 1.82) is 0 Å². The Bertz CT molecular complexity index is 922. The summed E-state index contributed by atoms with van der Waals surface area (Å²) in [6.07, 6.45) is 0. The van der Waals surface area contributed by atoms with Crippen LogP contribution in [0.3, 0.4) is 0 Å². The summed E-state index contributed by atoms with van der Waals surface area (Å²) in [5.41, 5.74) is 3.15. The minimum atomic E-state index is -3.47. The number of fused-ring (bicyclic) bond motifs is 1. The molecule has 0 unspecified atom stereocenters. The zero-order chi connectivity index (χ0) is 20.1. The number of hydrogen-bond acceptors (Lipinski definition) is 5. The highest BCUT2D eigenvalue weighted by atomic mass is 32.2. The van der Waals surface area contributed by atoms with Crippen molar-refractivity contribution in [2.45, 2.75) is 26.4 Å². The van der Waals surface area contributed by atoms with Gasteiger partial charge in [0.15, 0.2) is 0 Å². The summed E-state index contributed by atoms with van der Waals surface area (Å²) in [7, 11) is -0.261. The van der Waals surface area contributed by atoms with Crippen LogP contribution in [0.2, 0.25) is 0 Å². The number of aryl methyl sites for hydroxylation is 2. The van der Waals surface area contributed by atoms with Crippen molar-refractivity contribution >= 4 is 10.2 Å². The number of aromatic nitrogens is 1. The Labute approximate surface area is 167 Å². The SMILES string of the molecule is Cc1noc(C)c1CN1C[C@H]2CN(S(=O)(=O)N(C)C)[C@H](c3ccccc3)[C@H]2C1. The summed E-state index contributed by atoms with van der Waals surface area (Å²) in [6, 6.07) is 9.90. The third-order valence-corrected chi connectivity index (χ3v) is 8.05. The number of benzene rings is 1. The first kappa shape index (κ1) is 19.6. The van der Waals surface area contributed by atoms with Gasteiger partial charge in [-0.15, -0.1) is 0 Å².